The van der Waals surface area contributed by atoms with E-state index in [1.165, 1.54) is 25.8 Å². The van der Waals surface area contributed by atoms with Gasteiger partial charge in [-0.3, -0.25) is 14.7 Å². The molecule has 0 aromatic heterocycles. The molecule has 7 nitrogen and oxygen atoms in total. The number of hydrogen-bond donors (Lipinski definition) is 2. The van der Waals surface area contributed by atoms with E-state index in [2.05, 4.69) is 22.5 Å². The fourth-order valence-corrected chi connectivity index (χ4v) is 4.28. The van der Waals surface area contributed by atoms with Crippen LogP contribution in [-0.2, 0) is 9.53 Å². The van der Waals surface area contributed by atoms with Crippen molar-refractivity contribution in [2.45, 2.75) is 64.0 Å². The van der Waals surface area contributed by atoms with Gasteiger partial charge >= 0.3 is 0 Å². The molecule has 3 heterocycles. The van der Waals surface area contributed by atoms with E-state index in [4.69, 9.17) is 9.73 Å². The van der Waals surface area contributed by atoms with E-state index in [0.29, 0.717) is 18.5 Å². The van der Waals surface area contributed by atoms with Crippen molar-refractivity contribution in [2.75, 3.05) is 52.4 Å². The van der Waals surface area contributed by atoms with Crippen LogP contribution in [0.3, 0.4) is 0 Å². The molecule has 0 radical (unpaired) electrons. The Morgan fingerprint density at radius 3 is 2.96 bits per heavy atom. The van der Waals surface area contributed by atoms with Gasteiger partial charge in [0.05, 0.1) is 19.3 Å². The molecule has 162 valence electrons. The second-order valence-electron chi connectivity index (χ2n) is 7.94. The first kappa shape index (κ1) is 23.7. The predicted molar refractivity (Wildman–Crippen MR) is 123 cm³/mol. The van der Waals surface area contributed by atoms with Crippen LogP contribution in [0.25, 0.3) is 0 Å². The van der Waals surface area contributed by atoms with Crippen LogP contribution in [0.1, 0.15) is 51.9 Å². The number of morpholine rings is 1. The lowest BCUT2D eigenvalue weighted by Gasteiger charge is -2.34. The highest BCUT2D eigenvalue weighted by molar-refractivity contribution is 14.0. The van der Waals surface area contributed by atoms with E-state index < -0.39 is 0 Å². The molecule has 8 heteroatoms. The molecular formula is C20H38IN5O2. The minimum atomic E-state index is 0. The Bertz CT molecular complexity index is 505. The van der Waals surface area contributed by atoms with Crippen LogP contribution >= 0.6 is 24.0 Å². The van der Waals surface area contributed by atoms with Crippen molar-refractivity contribution in [3.8, 4) is 0 Å². The summed E-state index contributed by atoms with van der Waals surface area (Å²) in [6, 6.07) is 0.637. The number of fused-ring (bicyclic) bond motifs is 1. The molecule has 3 aliphatic rings. The second-order valence-corrected chi connectivity index (χ2v) is 7.94. The van der Waals surface area contributed by atoms with Gasteiger partial charge in [-0.2, -0.15) is 0 Å². The Morgan fingerprint density at radius 1 is 1.21 bits per heavy atom. The van der Waals surface area contributed by atoms with Crippen molar-refractivity contribution < 1.29 is 9.53 Å². The average molecular weight is 507 g/mol. The molecule has 3 saturated heterocycles. The lowest BCUT2D eigenvalue weighted by Crippen LogP contribution is -2.47. The molecule has 3 fully saturated rings. The van der Waals surface area contributed by atoms with Gasteiger partial charge in [0.15, 0.2) is 5.96 Å². The third kappa shape index (κ3) is 7.33. The molecule has 2 unspecified atom stereocenters. The fraction of sp³-hybridized carbons (Fsp3) is 0.900. The summed E-state index contributed by atoms with van der Waals surface area (Å²) in [7, 11) is 0. The number of hydrogen-bond acceptors (Lipinski definition) is 4. The quantitative estimate of drug-likeness (QED) is 0.238. The Morgan fingerprint density at radius 2 is 2.11 bits per heavy atom. The average Bonchev–Trinajstić information content (AvgIpc) is 3.05. The normalized spacial score (nSPS) is 26.4. The van der Waals surface area contributed by atoms with E-state index in [0.717, 1.165) is 71.0 Å². The SMILES string of the molecule is CCNC(=NCC1CN2CCCC2CO1)NCCCN1CCCCCC1=O.I. The van der Waals surface area contributed by atoms with Crippen molar-refractivity contribution in [3.05, 3.63) is 0 Å². The minimum Gasteiger partial charge on any atom is -0.373 e. The molecule has 2 atom stereocenters. The molecule has 0 spiro atoms. The number of likely N-dealkylation sites (tertiary alicyclic amines) is 1. The van der Waals surface area contributed by atoms with E-state index in [1.807, 2.05) is 4.90 Å². The van der Waals surface area contributed by atoms with Gasteiger partial charge in [-0.1, -0.05) is 6.42 Å². The largest absolute Gasteiger partial charge is 0.373 e. The minimum absolute atomic E-state index is 0. The Hall–Kier alpha value is -0.610. The summed E-state index contributed by atoms with van der Waals surface area (Å²) >= 11 is 0. The molecule has 28 heavy (non-hydrogen) atoms. The summed E-state index contributed by atoms with van der Waals surface area (Å²) in [4.78, 5) is 21.4. The number of carbonyl (C=O) groups excluding carboxylic acids is 1. The van der Waals surface area contributed by atoms with E-state index >= 15 is 0 Å². The van der Waals surface area contributed by atoms with Gasteiger partial charge in [0.1, 0.15) is 0 Å². The van der Waals surface area contributed by atoms with Crippen LogP contribution in [0.15, 0.2) is 4.99 Å². The van der Waals surface area contributed by atoms with Crippen LogP contribution in [-0.4, -0.2) is 86.2 Å². The van der Waals surface area contributed by atoms with E-state index in [1.54, 1.807) is 0 Å². The Labute approximate surface area is 187 Å². The summed E-state index contributed by atoms with van der Waals surface area (Å²) in [5.41, 5.74) is 0. The zero-order valence-electron chi connectivity index (χ0n) is 17.3. The van der Waals surface area contributed by atoms with Crippen molar-refractivity contribution in [1.29, 1.82) is 0 Å². The van der Waals surface area contributed by atoms with Gasteiger partial charge in [-0.05, 0) is 45.6 Å². The number of amides is 1. The summed E-state index contributed by atoms with van der Waals surface area (Å²) in [6.45, 7) is 9.28. The molecule has 1 amide bonds. The maximum absolute atomic E-state index is 12.1. The predicted octanol–water partition coefficient (Wildman–Crippen LogP) is 1.82. The highest BCUT2D eigenvalue weighted by Crippen LogP contribution is 2.22. The molecule has 2 N–H and O–H groups in total. The molecule has 0 saturated carbocycles. The maximum Gasteiger partial charge on any atom is 0.222 e. The monoisotopic (exact) mass is 507 g/mol. The standard InChI is InChI=1S/C20H37N5O2.HI/c1-2-21-20(22-10-7-13-24-11-5-3-4-9-19(24)26)23-14-18-15-25-12-6-8-17(25)16-27-18;/h17-18H,2-16H2,1H3,(H2,21,22,23);1H. The number of aliphatic imine (C=N–C) groups is 1. The van der Waals surface area contributed by atoms with Gasteiger partial charge in [-0.15, -0.1) is 24.0 Å². The maximum atomic E-state index is 12.1. The molecule has 3 rings (SSSR count). The van der Waals surface area contributed by atoms with E-state index in [-0.39, 0.29) is 30.1 Å². The molecule has 0 bridgehead atoms. The van der Waals surface area contributed by atoms with Crippen LogP contribution in [0.5, 0.6) is 0 Å². The number of ether oxygens (including phenoxy) is 1. The number of halogens is 1. The first-order valence-electron chi connectivity index (χ1n) is 10.9. The third-order valence-electron chi connectivity index (χ3n) is 5.83. The highest BCUT2D eigenvalue weighted by Gasteiger charge is 2.32. The van der Waals surface area contributed by atoms with Gasteiger partial charge in [0.25, 0.3) is 0 Å². The van der Waals surface area contributed by atoms with Gasteiger partial charge in [-0.25, -0.2) is 0 Å². The first-order chi connectivity index (χ1) is 13.3. The number of rotatable bonds is 7. The van der Waals surface area contributed by atoms with Crippen molar-refractivity contribution in [3.63, 3.8) is 0 Å². The zero-order chi connectivity index (χ0) is 18.9. The third-order valence-corrected chi connectivity index (χ3v) is 5.83. The highest BCUT2D eigenvalue weighted by atomic mass is 127. The van der Waals surface area contributed by atoms with Gasteiger partial charge < -0.3 is 20.3 Å². The summed E-state index contributed by atoms with van der Waals surface area (Å²) in [6.07, 6.45) is 7.81. The van der Waals surface area contributed by atoms with Crippen molar-refractivity contribution in [1.82, 2.24) is 20.4 Å². The lowest BCUT2D eigenvalue weighted by atomic mass is 10.2. The topological polar surface area (TPSA) is 69.2 Å². The smallest absolute Gasteiger partial charge is 0.222 e. The molecule has 0 aromatic rings. The summed E-state index contributed by atoms with van der Waals surface area (Å²) < 4.78 is 6.00. The van der Waals surface area contributed by atoms with Gasteiger partial charge in [0, 0.05) is 45.2 Å². The van der Waals surface area contributed by atoms with Crippen molar-refractivity contribution >= 4 is 35.8 Å². The fourth-order valence-electron chi connectivity index (χ4n) is 4.28. The molecular weight excluding hydrogens is 469 g/mol. The number of nitrogens with one attached hydrogen (secondary N) is 2. The van der Waals surface area contributed by atoms with Crippen molar-refractivity contribution in [2.24, 2.45) is 4.99 Å². The Kier molecular flexibility index (Phi) is 10.9. The van der Waals surface area contributed by atoms with Crippen LogP contribution in [0, 0.1) is 0 Å². The van der Waals surface area contributed by atoms with Gasteiger partial charge in [0.2, 0.25) is 5.91 Å². The summed E-state index contributed by atoms with van der Waals surface area (Å²) in [5.74, 6) is 1.18. The van der Waals surface area contributed by atoms with E-state index in [9.17, 15) is 4.79 Å². The summed E-state index contributed by atoms with van der Waals surface area (Å²) in [5, 5.41) is 6.72. The molecule has 0 aliphatic carbocycles. The number of carbonyl (C=O) groups is 1. The van der Waals surface area contributed by atoms with Crippen LogP contribution in [0.4, 0.5) is 0 Å². The lowest BCUT2D eigenvalue weighted by molar-refractivity contribution is -0.130. The second kappa shape index (κ2) is 12.8. The number of nitrogens with zero attached hydrogens (tertiary/aromatic N) is 3. The molecule has 0 aromatic carbocycles. The Balaban J connectivity index is 0.00000280. The van der Waals surface area contributed by atoms with Crippen LogP contribution < -0.4 is 10.6 Å². The van der Waals surface area contributed by atoms with Crippen LogP contribution in [0.2, 0.25) is 0 Å². The molecule has 3 aliphatic heterocycles. The zero-order valence-corrected chi connectivity index (χ0v) is 19.7. The first-order valence-corrected chi connectivity index (χ1v) is 10.9. The number of guanidine groups is 1.